The van der Waals surface area contributed by atoms with Crippen LogP contribution in [0.25, 0.3) is 10.8 Å². The summed E-state index contributed by atoms with van der Waals surface area (Å²) in [4.78, 5) is 13.4. The maximum Gasteiger partial charge on any atom is 0.243 e. The number of piperidine rings is 1. The molecular formula is C27H31N3O5S2. The second-order valence-corrected chi connectivity index (χ2v) is 13.6. The summed E-state index contributed by atoms with van der Waals surface area (Å²) >= 11 is 0. The largest absolute Gasteiger partial charge is 0.352 e. The molecule has 3 aromatic rings. The fourth-order valence-electron chi connectivity index (χ4n) is 5.04. The van der Waals surface area contributed by atoms with Crippen LogP contribution in [-0.2, 0) is 31.4 Å². The summed E-state index contributed by atoms with van der Waals surface area (Å²) in [6.45, 7) is 1.86. The van der Waals surface area contributed by atoms with E-state index in [1.807, 2.05) is 24.3 Å². The molecule has 8 nitrogen and oxygen atoms in total. The molecule has 10 heteroatoms. The zero-order valence-electron chi connectivity index (χ0n) is 20.5. The molecule has 2 aliphatic rings. The normalized spacial score (nSPS) is 19.7. The van der Waals surface area contributed by atoms with E-state index < -0.39 is 26.0 Å². The van der Waals surface area contributed by atoms with Gasteiger partial charge in [0.1, 0.15) is 0 Å². The van der Waals surface area contributed by atoms with Crippen LogP contribution in [0, 0.1) is 5.92 Å². The lowest BCUT2D eigenvalue weighted by Gasteiger charge is -2.31. The molecule has 0 aromatic heterocycles. The number of nitrogens with zero attached hydrogens (tertiary/aromatic N) is 2. The SMILES string of the molecule is O=C(NCc1ccc(S(=O)(=O)N2CCCC2)cc1)[C@H]1CCCN(S(=O)(=O)c2ccc3ccccc3c2)C1. The first kappa shape index (κ1) is 25.8. The summed E-state index contributed by atoms with van der Waals surface area (Å²) in [6, 6.07) is 19.3. The second kappa shape index (κ2) is 10.5. The van der Waals surface area contributed by atoms with Gasteiger partial charge >= 0.3 is 0 Å². The third kappa shape index (κ3) is 5.43. The van der Waals surface area contributed by atoms with E-state index in [9.17, 15) is 21.6 Å². The van der Waals surface area contributed by atoms with Gasteiger partial charge < -0.3 is 5.32 Å². The molecule has 0 unspecified atom stereocenters. The van der Waals surface area contributed by atoms with Gasteiger partial charge in [0, 0.05) is 32.7 Å². The van der Waals surface area contributed by atoms with E-state index in [0.29, 0.717) is 32.5 Å². The lowest BCUT2D eigenvalue weighted by atomic mass is 9.99. The van der Waals surface area contributed by atoms with Crippen molar-refractivity contribution in [2.45, 2.75) is 42.0 Å². The minimum Gasteiger partial charge on any atom is -0.352 e. The number of benzene rings is 3. The average molecular weight is 542 g/mol. The van der Waals surface area contributed by atoms with E-state index in [1.54, 1.807) is 42.5 Å². The Balaban J connectivity index is 1.21. The average Bonchev–Trinajstić information content (AvgIpc) is 3.48. The number of sulfonamides is 2. The molecule has 37 heavy (non-hydrogen) atoms. The Morgan fingerprint density at radius 1 is 0.757 bits per heavy atom. The van der Waals surface area contributed by atoms with Crippen molar-refractivity contribution in [3.63, 3.8) is 0 Å². The van der Waals surface area contributed by atoms with Gasteiger partial charge in [0.05, 0.1) is 15.7 Å². The van der Waals surface area contributed by atoms with Crippen LogP contribution in [-0.4, -0.2) is 57.5 Å². The van der Waals surface area contributed by atoms with Gasteiger partial charge in [0.2, 0.25) is 26.0 Å². The highest BCUT2D eigenvalue weighted by atomic mass is 32.2. The van der Waals surface area contributed by atoms with E-state index >= 15 is 0 Å². The van der Waals surface area contributed by atoms with Gasteiger partial charge in [-0.15, -0.1) is 0 Å². The van der Waals surface area contributed by atoms with Crippen molar-refractivity contribution in [2.24, 2.45) is 5.92 Å². The van der Waals surface area contributed by atoms with Crippen LogP contribution >= 0.6 is 0 Å². The van der Waals surface area contributed by atoms with Gasteiger partial charge in [-0.3, -0.25) is 4.79 Å². The number of carbonyl (C=O) groups is 1. The predicted octanol–water partition coefficient (Wildman–Crippen LogP) is 3.34. The minimum absolute atomic E-state index is 0.133. The number of hydrogen-bond acceptors (Lipinski definition) is 5. The maximum atomic E-state index is 13.3. The smallest absolute Gasteiger partial charge is 0.243 e. The Morgan fingerprint density at radius 2 is 1.38 bits per heavy atom. The third-order valence-electron chi connectivity index (χ3n) is 7.21. The van der Waals surface area contributed by atoms with Crippen LogP contribution in [0.4, 0.5) is 0 Å². The summed E-state index contributed by atoms with van der Waals surface area (Å²) in [5, 5.41) is 4.72. The van der Waals surface area contributed by atoms with Crippen LogP contribution in [0.1, 0.15) is 31.2 Å². The van der Waals surface area contributed by atoms with Crippen molar-refractivity contribution in [1.82, 2.24) is 13.9 Å². The molecule has 1 amide bonds. The van der Waals surface area contributed by atoms with Crippen molar-refractivity contribution in [3.05, 3.63) is 72.3 Å². The fourth-order valence-corrected chi connectivity index (χ4v) is 8.12. The lowest BCUT2D eigenvalue weighted by molar-refractivity contribution is -0.126. The highest BCUT2D eigenvalue weighted by molar-refractivity contribution is 7.89. The molecule has 0 spiro atoms. The molecule has 1 atom stereocenters. The Morgan fingerprint density at radius 3 is 2.11 bits per heavy atom. The topological polar surface area (TPSA) is 104 Å². The molecular weight excluding hydrogens is 510 g/mol. The Bertz CT molecular complexity index is 1500. The number of rotatable bonds is 7. The van der Waals surface area contributed by atoms with Crippen molar-refractivity contribution in [3.8, 4) is 0 Å². The minimum atomic E-state index is -3.72. The Kier molecular flexibility index (Phi) is 7.35. The Labute approximate surface area is 218 Å². The molecule has 5 rings (SSSR count). The maximum absolute atomic E-state index is 13.3. The lowest BCUT2D eigenvalue weighted by Crippen LogP contribution is -2.45. The predicted molar refractivity (Wildman–Crippen MR) is 142 cm³/mol. The van der Waals surface area contributed by atoms with Crippen molar-refractivity contribution in [2.75, 3.05) is 26.2 Å². The fraction of sp³-hybridized carbons (Fsp3) is 0.370. The number of hydrogen-bond donors (Lipinski definition) is 1. The van der Waals surface area contributed by atoms with Gasteiger partial charge in [-0.05, 0) is 66.3 Å². The first-order valence-corrected chi connectivity index (χ1v) is 15.5. The van der Waals surface area contributed by atoms with Gasteiger partial charge in [0.25, 0.3) is 0 Å². The standard InChI is InChI=1S/C27H31N3O5S2/c31-27(28-19-21-9-12-25(13-10-21)36(32,33)29-15-3-4-16-29)24-8-5-17-30(20-24)37(34,35)26-14-11-22-6-1-2-7-23(22)18-26/h1-2,6-7,9-14,18,24H,3-5,8,15-17,19-20H2,(H,28,31)/t24-/m0/s1. The molecule has 1 N–H and O–H groups in total. The molecule has 0 bridgehead atoms. The first-order valence-electron chi connectivity index (χ1n) is 12.6. The number of fused-ring (bicyclic) bond motifs is 1. The molecule has 196 valence electrons. The molecule has 2 heterocycles. The molecule has 0 aliphatic carbocycles. The zero-order valence-corrected chi connectivity index (χ0v) is 22.2. The first-order chi connectivity index (χ1) is 17.7. The van der Waals surface area contributed by atoms with Crippen LogP contribution in [0.3, 0.4) is 0 Å². The summed E-state index contributed by atoms with van der Waals surface area (Å²) in [5.41, 5.74) is 0.783. The molecule has 3 aromatic carbocycles. The van der Waals surface area contributed by atoms with Crippen LogP contribution in [0.5, 0.6) is 0 Å². The van der Waals surface area contributed by atoms with Gasteiger partial charge in [-0.2, -0.15) is 8.61 Å². The van der Waals surface area contributed by atoms with Gasteiger partial charge in [-0.25, -0.2) is 16.8 Å². The van der Waals surface area contributed by atoms with E-state index in [2.05, 4.69) is 5.32 Å². The number of nitrogens with one attached hydrogen (secondary N) is 1. The van der Waals surface area contributed by atoms with E-state index in [0.717, 1.165) is 29.2 Å². The zero-order chi connectivity index (χ0) is 26.0. The molecule has 0 saturated carbocycles. The Hall–Kier alpha value is -2.79. The van der Waals surface area contributed by atoms with Gasteiger partial charge in [0.15, 0.2) is 0 Å². The third-order valence-corrected chi connectivity index (χ3v) is 11.0. The van der Waals surface area contributed by atoms with Gasteiger partial charge in [-0.1, -0.05) is 42.5 Å². The van der Waals surface area contributed by atoms with E-state index in [4.69, 9.17) is 0 Å². The highest BCUT2D eigenvalue weighted by Gasteiger charge is 2.33. The highest BCUT2D eigenvalue weighted by Crippen LogP contribution is 2.27. The molecule has 2 fully saturated rings. The van der Waals surface area contributed by atoms with E-state index in [-0.39, 0.29) is 28.8 Å². The number of amides is 1. The van der Waals surface area contributed by atoms with Crippen molar-refractivity contribution in [1.29, 1.82) is 0 Å². The van der Waals surface area contributed by atoms with Crippen molar-refractivity contribution < 1.29 is 21.6 Å². The molecule has 2 aliphatic heterocycles. The molecule has 2 saturated heterocycles. The van der Waals surface area contributed by atoms with Crippen LogP contribution in [0.15, 0.2) is 76.5 Å². The number of carbonyl (C=O) groups excluding carboxylic acids is 1. The summed E-state index contributed by atoms with van der Waals surface area (Å²) < 4.78 is 55.0. The summed E-state index contributed by atoms with van der Waals surface area (Å²) in [7, 11) is -7.20. The molecule has 0 radical (unpaired) electrons. The van der Waals surface area contributed by atoms with Crippen molar-refractivity contribution >= 4 is 36.7 Å². The van der Waals surface area contributed by atoms with Crippen LogP contribution < -0.4 is 5.32 Å². The second-order valence-electron chi connectivity index (χ2n) is 9.68. The van der Waals surface area contributed by atoms with E-state index in [1.165, 1.54) is 8.61 Å². The summed E-state index contributed by atoms with van der Waals surface area (Å²) in [6.07, 6.45) is 2.98. The van der Waals surface area contributed by atoms with Crippen LogP contribution in [0.2, 0.25) is 0 Å². The monoisotopic (exact) mass is 541 g/mol. The quantitative estimate of drug-likeness (QED) is 0.494. The summed E-state index contributed by atoms with van der Waals surface area (Å²) in [5.74, 6) is -0.647.